The Balaban J connectivity index is 2.45. The number of rotatable bonds is 3. The lowest BCUT2D eigenvalue weighted by atomic mass is 9.87. The first kappa shape index (κ1) is 14.9. The van der Waals surface area contributed by atoms with Gasteiger partial charge in [-0.05, 0) is 36.1 Å². The molecule has 0 aliphatic carbocycles. The van der Waals surface area contributed by atoms with Crippen molar-refractivity contribution in [2.45, 2.75) is 38.6 Å². The van der Waals surface area contributed by atoms with E-state index in [0.717, 1.165) is 24.2 Å². The number of ether oxygens (including phenoxy) is 1. The molecule has 4 nitrogen and oxygen atoms in total. The minimum absolute atomic E-state index is 0.0210. The predicted molar refractivity (Wildman–Crippen MR) is 78.0 cm³/mol. The summed E-state index contributed by atoms with van der Waals surface area (Å²) in [6.45, 7) is 4.43. The van der Waals surface area contributed by atoms with Crippen molar-refractivity contribution in [3.05, 3.63) is 29.3 Å². The van der Waals surface area contributed by atoms with Crippen molar-refractivity contribution in [2.24, 2.45) is 0 Å². The van der Waals surface area contributed by atoms with Crippen LogP contribution in [0.15, 0.2) is 18.2 Å². The highest BCUT2D eigenvalue weighted by molar-refractivity contribution is 5.74. The summed E-state index contributed by atoms with van der Waals surface area (Å²) in [5.74, 6) is 0.882. The number of aliphatic hydroxyl groups excluding tert-OH is 1. The van der Waals surface area contributed by atoms with Gasteiger partial charge < -0.3 is 14.7 Å². The van der Waals surface area contributed by atoms with Crippen molar-refractivity contribution in [2.75, 3.05) is 20.3 Å². The predicted octanol–water partition coefficient (Wildman–Crippen LogP) is 1.95. The molecule has 1 amide bonds. The number of nitrogens with zero attached hydrogens (tertiary/aromatic N) is 1. The number of benzene rings is 1. The highest BCUT2D eigenvalue weighted by atomic mass is 16.5. The maximum atomic E-state index is 11.9. The molecule has 2 unspecified atom stereocenters. The molecule has 0 spiro atoms. The molecule has 1 aromatic carbocycles. The van der Waals surface area contributed by atoms with E-state index in [1.165, 1.54) is 5.56 Å². The van der Waals surface area contributed by atoms with E-state index in [1.54, 1.807) is 14.0 Å². The number of carbonyl (C=O) groups is 1. The van der Waals surface area contributed by atoms with Crippen molar-refractivity contribution >= 4 is 5.91 Å². The number of hydrogen-bond donors (Lipinski definition) is 1. The molecule has 0 aromatic heterocycles. The molecule has 4 heteroatoms. The summed E-state index contributed by atoms with van der Waals surface area (Å²) >= 11 is 0. The first-order valence-electron chi connectivity index (χ1n) is 7.17. The van der Waals surface area contributed by atoms with Crippen LogP contribution in [0.2, 0.25) is 0 Å². The van der Waals surface area contributed by atoms with Gasteiger partial charge in [0.25, 0.3) is 0 Å². The fraction of sp³-hybridized carbons (Fsp3) is 0.562. The second-order valence-corrected chi connectivity index (χ2v) is 5.29. The summed E-state index contributed by atoms with van der Waals surface area (Å²) in [5, 5.41) is 9.82. The number of carbonyl (C=O) groups excluding carboxylic acids is 1. The third-order valence-corrected chi connectivity index (χ3v) is 4.26. The molecule has 0 radical (unpaired) electrons. The summed E-state index contributed by atoms with van der Waals surface area (Å²) in [5.41, 5.74) is 2.31. The second-order valence-electron chi connectivity index (χ2n) is 5.29. The van der Waals surface area contributed by atoms with E-state index in [0.29, 0.717) is 6.54 Å². The molecule has 0 saturated heterocycles. The quantitative estimate of drug-likeness (QED) is 0.918. The fourth-order valence-electron chi connectivity index (χ4n) is 3.23. The zero-order chi connectivity index (χ0) is 14.7. The Labute approximate surface area is 120 Å². The molecule has 0 saturated carbocycles. The van der Waals surface area contributed by atoms with Gasteiger partial charge in [-0.25, -0.2) is 0 Å². The van der Waals surface area contributed by atoms with Gasteiger partial charge in [-0.1, -0.05) is 13.0 Å². The number of amides is 1. The first-order chi connectivity index (χ1) is 9.62. The highest BCUT2D eigenvalue weighted by Crippen LogP contribution is 2.33. The van der Waals surface area contributed by atoms with Gasteiger partial charge in [-0.2, -0.15) is 0 Å². The summed E-state index contributed by atoms with van der Waals surface area (Å²) in [4.78, 5) is 13.8. The summed E-state index contributed by atoms with van der Waals surface area (Å²) in [6, 6.07) is 6.04. The standard InChI is InChI=1S/C16H23NO3/c1-4-16-15(10-18)14-6-5-13(20-3)9-12(14)7-8-17(16)11(2)19/h5-6,9,15-16,18H,4,7-8,10H2,1-3H3. The number of hydrogen-bond acceptors (Lipinski definition) is 3. The Hall–Kier alpha value is -1.55. The van der Waals surface area contributed by atoms with Gasteiger partial charge in [0.15, 0.2) is 0 Å². The maximum absolute atomic E-state index is 11.9. The van der Waals surface area contributed by atoms with Gasteiger partial charge in [-0.15, -0.1) is 0 Å². The Kier molecular flexibility index (Phi) is 4.65. The van der Waals surface area contributed by atoms with Gasteiger partial charge in [0.2, 0.25) is 5.91 Å². The topological polar surface area (TPSA) is 49.8 Å². The van der Waals surface area contributed by atoms with Crippen molar-refractivity contribution in [1.29, 1.82) is 0 Å². The number of aliphatic hydroxyl groups is 1. The van der Waals surface area contributed by atoms with Crippen molar-refractivity contribution in [3.8, 4) is 5.75 Å². The van der Waals surface area contributed by atoms with Gasteiger partial charge in [0.05, 0.1) is 13.7 Å². The molecular formula is C16H23NO3. The van der Waals surface area contributed by atoms with Crippen molar-refractivity contribution in [3.63, 3.8) is 0 Å². The Morgan fingerprint density at radius 1 is 1.50 bits per heavy atom. The van der Waals surface area contributed by atoms with Crippen LogP contribution < -0.4 is 4.74 Å². The van der Waals surface area contributed by atoms with Crippen molar-refractivity contribution < 1.29 is 14.6 Å². The van der Waals surface area contributed by atoms with Crippen LogP contribution in [-0.4, -0.2) is 42.2 Å². The third-order valence-electron chi connectivity index (χ3n) is 4.26. The van der Waals surface area contributed by atoms with E-state index < -0.39 is 0 Å². The normalized spacial score (nSPS) is 22.1. The zero-order valence-electron chi connectivity index (χ0n) is 12.4. The minimum atomic E-state index is -0.0210. The van der Waals surface area contributed by atoms with Crippen LogP contribution in [0, 0.1) is 0 Å². The molecule has 1 heterocycles. The van der Waals surface area contributed by atoms with Crippen LogP contribution in [-0.2, 0) is 11.2 Å². The lowest BCUT2D eigenvalue weighted by Gasteiger charge is -2.33. The molecule has 1 aromatic rings. The molecule has 2 atom stereocenters. The smallest absolute Gasteiger partial charge is 0.219 e. The van der Waals surface area contributed by atoms with E-state index in [1.807, 2.05) is 23.1 Å². The monoisotopic (exact) mass is 277 g/mol. The van der Waals surface area contributed by atoms with Crippen LogP contribution in [0.5, 0.6) is 5.75 Å². The van der Waals surface area contributed by atoms with E-state index in [2.05, 4.69) is 6.92 Å². The maximum Gasteiger partial charge on any atom is 0.219 e. The molecule has 110 valence electrons. The number of methoxy groups -OCH3 is 1. The lowest BCUT2D eigenvalue weighted by molar-refractivity contribution is -0.131. The first-order valence-corrected chi connectivity index (χ1v) is 7.17. The molecular weight excluding hydrogens is 254 g/mol. The molecule has 1 aliphatic rings. The molecule has 20 heavy (non-hydrogen) atoms. The zero-order valence-corrected chi connectivity index (χ0v) is 12.4. The van der Waals surface area contributed by atoms with Crippen LogP contribution in [0.1, 0.15) is 37.3 Å². The van der Waals surface area contributed by atoms with Gasteiger partial charge in [-0.3, -0.25) is 4.79 Å². The molecule has 0 bridgehead atoms. The van der Waals surface area contributed by atoms with Crippen LogP contribution >= 0.6 is 0 Å². The Morgan fingerprint density at radius 2 is 2.25 bits per heavy atom. The summed E-state index contributed by atoms with van der Waals surface area (Å²) in [7, 11) is 1.65. The molecule has 0 fully saturated rings. The van der Waals surface area contributed by atoms with Crippen LogP contribution in [0.3, 0.4) is 0 Å². The Bertz CT molecular complexity index is 487. The summed E-state index contributed by atoms with van der Waals surface area (Å²) < 4.78 is 5.27. The van der Waals surface area contributed by atoms with Crippen LogP contribution in [0.25, 0.3) is 0 Å². The average Bonchev–Trinajstić information content (AvgIpc) is 2.62. The Morgan fingerprint density at radius 3 is 2.80 bits per heavy atom. The van der Waals surface area contributed by atoms with E-state index in [4.69, 9.17) is 4.74 Å². The highest BCUT2D eigenvalue weighted by Gasteiger charge is 2.32. The average molecular weight is 277 g/mol. The molecule has 1 N–H and O–H groups in total. The lowest BCUT2D eigenvalue weighted by Crippen LogP contribution is -2.42. The number of fused-ring (bicyclic) bond motifs is 1. The summed E-state index contributed by atoms with van der Waals surface area (Å²) in [6.07, 6.45) is 1.65. The molecule has 2 rings (SSSR count). The van der Waals surface area contributed by atoms with Crippen LogP contribution in [0.4, 0.5) is 0 Å². The van der Waals surface area contributed by atoms with Gasteiger partial charge in [0, 0.05) is 25.4 Å². The van der Waals surface area contributed by atoms with Crippen molar-refractivity contribution in [1.82, 2.24) is 4.90 Å². The second kappa shape index (κ2) is 6.27. The van der Waals surface area contributed by atoms with Gasteiger partial charge in [0.1, 0.15) is 5.75 Å². The van der Waals surface area contributed by atoms with Gasteiger partial charge >= 0.3 is 0 Å². The van der Waals surface area contributed by atoms with E-state index >= 15 is 0 Å². The molecule has 1 aliphatic heterocycles. The largest absolute Gasteiger partial charge is 0.497 e. The fourth-order valence-corrected chi connectivity index (χ4v) is 3.23. The van der Waals surface area contributed by atoms with E-state index in [9.17, 15) is 9.90 Å². The SMILES string of the molecule is CCC1C(CO)c2ccc(OC)cc2CCN1C(C)=O. The minimum Gasteiger partial charge on any atom is -0.497 e. The van der Waals surface area contributed by atoms with E-state index in [-0.39, 0.29) is 24.5 Å². The third kappa shape index (κ3) is 2.66.